The first-order chi connectivity index (χ1) is 12.1. The van der Waals surface area contributed by atoms with E-state index in [1.54, 1.807) is 48.9 Å². The summed E-state index contributed by atoms with van der Waals surface area (Å²) in [5, 5.41) is 5.94. The van der Waals surface area contributed by atoms with Crippen molar-refractivity contribution in [2.24, 2.45) is 0 Å². The van der Waals surface area contributed by atoms with Gasteiger partial charge in [0, 0.05) is 23.1 Å². The van der Waals surface area contributed by atoms with Gasteiger partial charge in [-0.1, -0.05) is 0 Å². The van der Waals surface area contributed by atoms with Gasteiger partial charge in [0.15, 0.2) is 5.78 Å². The van der Waals surface area contributed by atoms with Gasteiger partial charge in [0.25, 0.3) is 5.91 Å². The predicted octanol–water partition coefficient (Wildman–Crippen LogP) is 3.74. The number of anilines is 2. The first-order valence-electron chi connectivity index (χ1n) is 7.76. The Morgan fingerprint density at radius 3 is 2.56 bits per heavy atom. The number of hydrogen-bond acceptors (Lipinski definition) is 5. The molecule has 3 aromatic rings. The Balaban J connectivity index is 1.65. The maximum absolute atomic E-state index is 12.3. The third-order valence-corrected chi connectivity index (χ3v) is 3.59. The minimum Gasteiger partial charge on any atom is -0.467 e. The standard InChI is InChI=1S/C19H17N3O3/c1-13(23)14-4-6-15(7-5-14)22-19(24)18-11-16(8-9-20-18)21-12-17-3-2-10-25-17/h2-11H,12H2,1H3,(H,20,21)(H,22,24). The van der Waals surface area contributed by atoms with Crippen LogP contribution in [0.3, 0.4) is 0 Å². The van der Waals surface area contributed by atoms with E-state index in [1.165, 1.54) is 6.92 Å². The van der Waals surface area contributed by atoms with Crippen molar-refractivity contribution in [2.45, 2.75) is 13.5 Å². The number of pyridine rings is 1. The van der Waals surface area contributed by atoms with Crippen LogP contribution in [-0.4, -0.2) is 16.7 Å². The number of carbonyl (C=O) groups is 2. The lowest BCUT2D eigenvalue weighted by atomic mass is 10.1. The number of aromatic nitrogens is 1. The van der Waals surface area contributed by atoms with Gasteiger partial charge in [-0.2, -0.15) is 0 Å². The third-order valence-electron chi connectivity index (χ3n) is 3.59. The van der Waals surface area contributed by atoms with Crippen molar-refractivity contribution in [3.05, 3.63) is 78.0 Å². The fourth-order valence-corrected chi connectivity index (χ4v) is 2.25. The number of ketones is 1. The van der Waals surface area contributed by atoms with Gasteiger partial charge in [-0.25, -0.2) is 0 Å². The molecule has 0 spiro atoms. The van der Waals surface area contributed by atoms with Gasteiger partial charge < -0.3 is 15.1 Å². The summed E-state index contributed by atoms with van der Waals surface area (Å²) in [5.74, 6) is 0.459. The van der Waals surface area contributed by atoms with Gasteiger partial charge in [-0.05, 0) is 55.5 Å². The van der Waals surface area contributed by atoms with E-state index >= 15 is 0 Å². The molecule has 6 nitrogen and oxygen atoms in total. The maximum atomic E-state index is 12.3. The fourth-order valence-electron chi connectivity index (χ4n) is 2.25. The van der Waals surface area contributed by atoms with E-state index in [0.717, 1.165) is 11.4 Å². The van der Waals surface area contributed by atoms with Crippen LogP contribution in [0.1, 0.15) is 33.5 Å². The van der Waals surface area contributed by atoms with Gasteiger partial charge >= 0.3 is 0 Å². The number of carbonyl (C=O) groups excluding carboxylic acids is 2. The smallest absolute Gasteiger partial charge is 0.274 e. The number of benzene rings is 1. The highest BCUT2D eigenvalue weighted by atomic mass is 16.3. The van der Waals surface area contributed by atoms with E-state index < -0.39 is 0 Å². The minimum absolute atomic E-state index is 0.0186. The lowest BCUT2D eigenvalue weighted by Gasteiger charge is -2.08. The summed E-state index contributed by atoms with van der Waals surface area (Å²) in [6.07, 6.45) is 3.18. The summed E-state index contributed by atoms with van der Waals surface area (Å²) >= 11 is 0. The normalized spacial score (nSPS) is 10.3. The van der Waals surface area contributed by atoms with Crippen molar-refractivity contribution in [2.75, 3.05) is 10.6 Å². The quantitative estimate of drug-likeness (QED) is 0.670. The highest BCUT2D eigenvalue weighted by Crippen LogP contribution is 2.14. The third kappa shape index (κ3) is 4.32. The van der Waals surface area contributed by atoms with Crippen molar-refractivity contribution < 1.29 is 14.0 Å². The molecule has 126 valence electrons. The molecule has 25 heavy (non-hydrogen) atoms. The van der Waals surface area contributed by atoms with Crippen LogP contribution >= 0.6 is 0 Å². The number of nitrogens with one attached hydrogen (secondary N) is 2. The minimum atomic E-state index is -0.322. The molecule has 0 aliphatic rings. The first-order valence-corrected chi connectivity index (χ1v) is 7.76. The van der Waals surface area contributed by atoms with Gasteiger partial charge in [-0.15, -0.1) is 0 Å². The predicted molar refractivity (Wildman–Crippen MR) is 94.7 cm³/mol. The highest BCUT2D eigenvalue weighted by Gasteiger charge is 2.09. The molecule has 0 aliphatic heterocycles. The van der Waals surface area contributed by atoms with Crippen LogP contribution in [0.4, 0.5) is 11.4 Å². The first kappa shape index (κ1) is 16.4. The Morgan fingerprint density at radius 1 is 1.08 bits per heavy atom. The summed E-state index contributed by atoms with van der Waals surface area (Å²) in [6, 6.07) is 13.9. The summed E-state index contributed by atoms with van der Waals surface area (Å²) in [6.45, 7) is 2.02. The summed E-state index contributed by atoms with van der Waals surface area (Å²) in [4.78, 5) is 27.7. The Hall–Kier alpha value is -3.41. The SMILES string of the molecule is CC(=O)c1ccc(NC(=O)c2cc(NCc3ccco3)ccn2)cc1. The van der Waals surface area contributed by atoms with Gasteiger partial charge in [-0.3, -0.25) is 14.6 Å². The van der Waals surface area contributed by atoms with E-state index in [0.29, 0.717) is 23.5 Å². The topological polar surface area (TPSA) is 84.2 Å². The summed E-state index contributed by atoms with van der Waals surface area (Å²) < 4.78 is 5.26. The molecule has 1 aromatic carbocycles. The molecule has 0 bridgehead atoms. The molecule has 6 heteroatoms. The molecule has 2 N–H and O–H groups in total. The average molecular weight is 335 g/mol. The van der Waals surface area contributed by atoms with Crippen LogP contribution in [-0.2, 0) is 6.54 Å². The lowest BCUT2D eigenvalue weighted by molar-refractivity contribution is 0.101. The molecule has 0 fully saturated rings. The van der Waals surface area contributed by atoms with Gasteiger partial charge in [0.2, 0.25) is 0 Å². The Morgan fingerprint density at radius 2 is 1.88 bits per heavy atom. The molecule has 2 aromatic heterocycles. The number of hydrogen-bond donors (Lipinski definition) is 2. The summed E-state index contributed by atoms with van der Waals surface area (Å²) in [7, 11) is 0. The zero-order chi connectivity index (χ0) is 17.6. The maximum Gasteiger partial charge on any atom is 0.274 e. The average Bonchev–Trinajstić information content (AvgIpc) is 3.14. The van der Waals surface area contributed by atoms with Gasteiger partial charge in [0.1, 0.15) is 11.5 Å². The second-order valence-corrected chi connectivity index (χ2v) is 5.45. The van der Waals surface area contributed by atoms with Crippen molar-refractivity contribution in [1.29, 1.82) is 0 Å². The number of amides is 1. The molecule has 0 radical (unpaired) electrons. The van der Waals surface area contributed by atoms with Crippen LogP contribution < -0.4 is 10.6 Å². The molecule has 0 aliphatic carbocycles. The number of furan rings is 1. The fraction of sp³-hybridized carbons (Fsp3) is 0.105. The van der Waals surface area contributed by atoms with Crippen LogP contribution in [0, 0.1) is 0 Å². The van der Waals surface area contributed by atoms with Crippen LogP contribution in [0.2, 0.25) is 0 Å². The van der Waals surface area contributed by atoms with Crippen LogP contribution in [0.5, 0.6) is 0 Å². The Labute approximate surface area is 144 Å². The highest BCUT2D eigenvalue weighted by molar-refractivity contribution is 6.03. The molecule has 0 saturated heterocycles. The van der Waals surface area contributed by atoms with E-state index in [1.807, 2.05) is 12.1 Å². The molecule has 0 unspecified atom stereocenters. The number of rotatable bonds is 6. The summed E-state index contributed by atoms with van der Waals surface area (Å²) in [5.41, 5.74) is 2.26. The largest absolute Gasteiger partial charge is 0.467 e. The number of Topliss-reactive ketones (excluding diaryl/α,β-unsaturated/α-hetero) is 1. The second-order valence-electron chi connectivity index (χ2n) is 5.45. The second kappa shape index (κ2) is 7.44. The molecule has 0 atom stereocenters. The van der Waals surface area contributed by atoms with Crippen molar-refractivity contribution in [1.82, 2.24) is 4.98 Å². The molecular formula is C19H17N3O3. The van der Waals surface area contributed by atoms with E-state index in [-0.39, 0.29) is 11.7 Å². The molecule has 0 saturated carbocycles. The Bertz CT molecular complexity index is 871. The van der Waals surface area contributed by atoms with Gasteiger partial charge in [0.05, 0.1) is 12.8 Å². The van der Waals surface area contributed by atoms with E-state index in [2.05, 4.69) is 15.6 Å². The molecule has 1 amide bonds. The molecular weight excluding hydrogens is 318 g/mol. The van der Waals surface area contributed by atoms with E-state index in [9.17, 15) is 9.59 Å². The van der Waals surface area contributed by atoms with Crippen LogP contribution in [0.25, 0.3) is 0 Å². The van der Waals surface area contributed by atoms with Crippen molar-refractivity contribution in [3.8, 4) is 0 Å². The van der Waals surface area contributed by atoms with E-state index in [4.69, 9.17) is 4.42 Å². The Kier molecular flexibility index (Phi) is 4.89. The van der Waals surface area contributed by atoms with Crippen molar-refractivity contribution >= 4 is 23.1 Å². The zero-order valence-corrected chi connectivity index (χ0v) is 13.7. The zero-order valence-electron chi connectivity index (χ0n) is 13.7. The number of nitrogens with zero attached hydrogens (tertiary/aromatic N) is 1. The monoisotopic (exact) mass is 335 g/mol. The van der Waals surface area contributed by atoms with Crippen molar-refractivity contribution in [3.63, 3.8) is 0 Å². The lowest BCUT2D eigenvalue weighted by Crippen LogP contribution is -2.14. The molecule has 2 heterocycles. The van der Waals surface area contributed by atoms with Crippen LogP contribution in [0.15, 0.2) is 65.4 Å². The molecule has 3 rings (SSSR count).